The highest BCUT2D eigenvalue weighted by molar-refractivity contribution is 9.10. The molecule has 1 aromatic heterocycles. The van der Waals surface area contributed by atoms with Crippen molar-refractivity contribution in [1.82, 2.24) is 10.3 Å². The average molecular weight is 368 g/mol. The van der Waals surface area contributed by atoms with Crippen molar-refractivity contribution >= 4 is 51.2 Å². The molecule has 1 unspecified atom stereocenters. The van der Waals surface area contributed by atoms with Crippen LogP contribution in [-0.4, -0.2) is 40.0 Å². The van der Waals surface area contributed by atoms with Gasteiger partial charge in [-0.05, 0) is 40.4 Å². The zero-order valence-corrected chi connectivity index (χ0v) is 13.2. The molecule has 0 spiro atoms. The molecule has 0 aliphatic heterocycles. The summed E-state index contributed by atoms with van der Waals surface area (Å²) < 4.78 is 0.595. The smallest absolute Gasteiger partial charge is 0.326 e. The van der Waals surface area contributed by atoms with Gasteiger partial charge in [0.2, 0.25) is 0 Å². The van der Waals surface area contributed by atoms with Crippen LogP contribution in [0.1, 0.15) is 16.8 Å². The summed E-state index contributed by atoms with van der Waals surface area (Å²) in [5.74, 6) is -0.976. The van der Waals surface area contributed by atoms with E-state index in [1.54, 1.807) is 0 Å². The molecular weight excluding hydrogens is 356 g/mol. The largest absolute Gasteiger partial charge is 0.480 e. The molecule has 5 nitrogen and oxygen atoms in total. The van der Waals surface area contributed by atoms with E-state index in [0.29, 0.717) is 16.6 Å². The number of halogens is 2. The maximum Gasteiger partial charge on any atom is 0.326 e. The van der Waals surface area contributed by atoms with E-state index >= 15 is 0 Å². The first kappa shape index (κ1) is 16.3. The summed E-state index contributed by atoms with van der Waals surface area (Å²) in [6.45, 7) is 0. The van der Waals surface area contributed by atoms with E-state index in [1.807, 2.05) is 6.26 Å². The number of carboxylic acid groups (broad SMARTS) is 1. The number of carbonyl (C=O) groups is 2. The van der Waals surface area contributed by atoms with Crippen molar-refractivity contribution in [2.45, 2.75) is 12.5 Å². The molecule has 0 aromatic carbocycles. The van der Waals surface area contributed by atoms with Gasteiger partial charge in [-0.1, -0.05) is 11.6 Å². The molecule has 1 rings (SSSR count). The van der Waals surface area contributed by atoms with Gasteiger partial charge < -0.3 is 10.4 Å². The van der Waals surface area contributed by atoms with E-state index in [4.69, 9.17) is 16.7 Å². The van der Waals surface area contributed by atoms with Gasteiger partial charge in [-0.2, -0.15) is 11.8 Å². The zero-order valence-electron chi connectivity index (χ0n) is 10.0. The SMILES string of the molecule is CSCCC(NC(=O)c1cc(Br)cnc1Cl)C(=O)O. The Morgan fingerprint density at radius 2 is 2.32 bits per heavy atom. The van der Waals surface area contributed by atoms with Gasteiger partial charge in [0.1, 0.15) is 11.2 Å². The molecule has 2 N–H and O–H groups in total. The maximum absolute atomic E-state index is 12.0. The topological polar surface area (TPSA) is 79.3 Å². The summed E-state index contributed by atoms with van der Waals surface area (Å²) in [4.78, 5) is 26.8. The number of nitrogens with zero attached hydrogens (tertiary/aromatic N) is 1. The highest BCUT2D eigenvalue weighted by Gasteiger charge is 2.21. The molecule has 1 aromatic rings. The first-order valence-corrected chi connectivity index (χ1v) is 7.85. The third kappa shape index (κ3) is 5.00. The van der Waals surface area contributed by atoms with Crippen LogP contribution in [0.5, 0.6) is 0 Å². The number of nitrogens with one attached hydrogen (secondary N) is 1. The van der Waals surface area contributed by atoms with E-state index < -0.39 is 17.9 Å². The van der Waals surface area contributed by atoms with Crippen molar-refractivity contribution in [3.63, 3.8) is 0 Å². The van der Waals surface area contributed by atoms with Crippen LogP contribution in [0, 0.1) is 0 Å². The Labute approximate surface area is 128 Å². The molecule has 0 radical (unpaired) electrons. The minimum atomic E-state index is -1.07. The predicted octanol–water partition coefficient (Wildman–Crippen LogP) is 2.43. The van der Waals surface area contributed by atoms with Crippen LogP contribution >= 0.6 is 39.3 Å². The second kappa shape index (κ2) is 7.72. The van der Waals surface area contributed by atoms with Crippen LogP contribution in [0.25, 0.3) is 0 Å². The van der Waals surface area contributed by atoms with Crippen LogP contribution in [0.15, 0.2) is 16.7 Å². The van der Waals surface area contributed by atoms with Crippen molar-refractivity contribution in [3.8, 4) is 0 Å². The second-order valence-corrected chi connectivity index (χ2v) is 5.90. The van der Waals surface area contributed by atoms with Gasteiger partial charge >= 0.3 is 5.97 Å². The first-order chi connectivity index (χ1) is 8.95. The fraction of sp³-hybridized carbons (Fsp3) is 0.364. The molecule has 104 valence electrons. The molecule has 8 heteroatoms. The molecule has 1 heterocycles. The number of pyridine rings is 1. The van der Waals surface area contributed by atoms with Crippen LogP contribution in [0.3, 0.4) is 0 Å². The number of aromatic nitrogens is 1. The van der Waals surface area contributed by atoms with Gasteiger partial charge in [0.05, 0.1) is 5.56 Å². The molecule has 0 aliphatic carbocycles. The minimum absolute atomic E-state index is 0.0368. The molecular formula is C11H12BrClN2O3S. The number of carbonyl (C=O) groups excluding carboxylic acids is 1. The standard InChI is InChI=1S/C11H12BrClN2O3S/c1-19-3-2-8(11(17)18)15-10(16)7-4-6(12)5-14-9(7)13/h4-5,8H,2-3H2,1H3,(H,15,16)(H,17,18). The Hall–Kier alpha value is -0.790. The molecule has 0 saturated carbocycles. The lowest BCUT2D eigenvalue weighted by molar-refractivity contribution is -0.139. The van der Waals surface area contributed by atoms with E-state index in [1.165, 1.54) is 24.0 Å². The number of hydrogen-bond acceptors (Lipinski definition) is 4. The summed E-state index contributed by atoms with van der Waals surface area (Å²) in [5.41, 5.74) is 0.145. The molecule has 0 aliphatic rings. The summed E-state index contributed by atoms with van der Waals surface area (Å²) >= 11 is 10.5. The minimum Gasteiger partial charge on any atom is -0.480 e. The van der Waals surface area contributed by atoms with Crippen molar-refractivity contribution < 1.29 is 14.7 Å². The molecule has 1 amide bonds. The van der Waals surface area contributed by atoms with Crippen LogP contribution in [0.2, 0.25) is 5.15 Å². The number of hydrogen-bond donors (Lipinski definition) is 2. The van der Waals surface area contributed by atoms with E-state index in [0.717, 1.165) is 0 Å². The summed E-state index contributed by atoms with van der Waals surface area (Å²) in [5, 5.41) is 11.5. The zero-order chi connectivity index (χ0) is 14.4. The lowest BCUT2D eigenvalue weighted by atomic mass is 10.2. The van der Waals surface area contributed by atoms with Gasteiger partial charge in [0.25, 0.3) is 5.91 Å². The fourth-order valence-corrected chi connectivity index (χ4v) is 2.30. The Morgan fingerprint density at radius 1 is 1.63 bits per heavy atom. The van der Waals surface area contributed by atoms with Gasteiger partial charge in [-0.3, -0.25) is 4.79 Å². The summed E-state index contributed by atoms with van der Waals surface area (Å²) in [7, 11) is 0. The molecule has 0 fully saturated rings. The summed E-state index contributed by atoms with van der Waals surface area (Å²) in [6.07, 6.45) is 3.68. The molecule has 19 heavy (non-hydrogen) atoms. The van der Waals surface area contributed by atoms with E-state index in [9.17, 15) is 9.59 Å². The Morgan fingerprint density at radius 3 is 2.89 bits per heavy atom. The Bertz CT molecular complexity index is 487. The van der Waals surface area contributed by atoms with Crippen molar-refractivity contribution in [2.75, 3.05) is 12.0 Å². The maximum atomic E-state index is 12.0. The highest BCUT2D eigenvalue weighted by atomic mass is 79.9. The third-order valence-corrected chi connectivity index (χ3v) is 3.64. The number of rotatable bonds is 6. The second-order valence-electron chi connectivity index (χ2n) is 3.64. The third-order valence-electron chi connectivity index (χ3n) is 2.26. The fourth-order valence-electron chi connectivity index (χ4n) is 1.31. The number of carboxylic acids is 1. The monoisotopic (exact) mass is 366 g/mol. The van der Waals surface area contributed by atoms with Gasteiger partial charge in [-0.25, -0.2) is 9.78 Å². The molecule has 1 atom stereocenters. The van der Waals surface area contributed by atoms with Gasteiger partial charge in [0.15, 0.2) is 0 Å². The highest BCUT2D eigenvalue weighted by Crippen LogP contribution is 2.18. The van der Waals surface area contributed by atoms with Crippen LogP contribution in [-0.2, 0) is 4.79 Å². The number of aliphatic carboxylic acids is 1. The van der Waals surface area contributed by atoms with Crippen molar-refractivity contribution in [2.24, 2.45) is 0 Å². The normalized spacial score (nSPS) is 11.9. The van der Waals surface area contributed by atoms with E-state index in [-0.39, 0.29) is 10.7 Å². The van der Waals surface area contributed by atoms with Crippen molar-refractivity contribution in [1.29, 1.82) is 0 Å². The van der Waals surface area contributed by atoms with E-state index in [2.05, 4.69) is 26.2 Å². The van der Waals surface area contributed by atoms with Gasteiger partial charge in [-0.15, -0.1) is 0 Å². The summed E-state index contributed by atoms with van der Waals surface area (Å²) in [6, 6.07) is 0.563. The molecule has 0 saturated heterocycles. The van der Waals surface area contributed by atoms with Gasteiger partial charge in [0, 0.05) is 10.7 Å². The number of amides is 1. The van der Waals surface area contributed by atoms with Crippen LogP contribution in [0.4, 0.5) is 0 Å². The molecule has 0 bridgehead atoms. The first-order valence-electron chi connectivity index (χ1n) is 5.29. The predicted molar refractivity (Wildman–Crippen MR) is 78.8 cm³/mol. The Kier molecular flexibility index (Phi) is 6.60. The Balaban J connectivity index is 2.81. The number of thioether (sulfide) groups is 1. The lowest BCUT2D eigenvalue weighted by Crippen LogP contribution is -2.41. The lowest BCUT2D eigenvalue weighted by Gasteiger charge is -2.14. The van der Waals surface area contributed by atoms with Crippen LogP contribution < -0.4 is 5.32 Å². The quantitative estimate of drug-likeness (QED) is 0.755. The van der Waals surface area contributed by atoms with Crippen molar-refractivity contribution in [3.05, 3.63) is 27.5 Å². The average Bonchev–Trinajstić information content (AvgIpc) is 2.36.